The number of carboxylic acid groups (broad SMARTS) is 1. The lowest BCUT2D eigenvalue weighted by atomic mass is 9.95. The Morgan fingerprint density at radius 2 is 2.16 bits per heavy atom. The van der Waals surface area contributed by atoms with Crippen molar-refractivity contribution in [2.75, 3.05) is 0 Å². The van der Waals surface area contributed by atoms with Crippen molar-refractivity contribution < 1.29 is 14.7 Å². The summed E-state index contributed by atoms with van der Waals surface area (Å²) >= 11 is 1.63. The summed E-state index contributed by atoms with van der Waals surface area (Å²) in [5.41, 5.74) is 1.26. The Morgan fingerprint density at radius 3 is 2.84 bits per heavy atom. The van der Waals surface area contributed by atoms with Crippen LogP contribution in [0, 0.1) is 11.8 Å². The van der Waals surface area contributed by atoms with Crippen LogP contribution < -0.4 is 5.32 Å². The van der Waals surface area contributed by atoms with E-state index in [1.165, 1.54) is 10.4 Å². The smallest absolute Gasteiger partial charge is 0.307 e. The first-order valence-corrected chi connectivity index (χ1v) is 7.57. The Hall–Kier alpha value is -1.36. The zero-order chi connectivity index (χ0) is 13.8. The quantitative estimate of drug-likeness (QED) is 0.871. The maximum absolute atomic E-state index is 12.1. The Bertz CT molecular complexity index is 469. The highest BCUT2D eigenvalue weighted by Gasteiger charge is 2.37. The molecule has 0 aromatic carbocycles. The van der Waals surface area contributed by atoms with Gasteiger partial charge in [-0.15, -0.1) is 11.3 Å². The maximum atomic E-state index is 12.1. The molecule has 2 atom stereocenters. The summed E-state index contributed by atoms with van der Waals surface area (Å²) in [4.78, 5) is 24.3. The number of carboxylic acids is 1. The Morgan fingerprint density at radius 1 is 1.42 bits per heavy atom. The van der Waals surface area contributed by atoms with E-state index in [2.05, 4.69) is 18.3 Å². The Kier molecular flexibility index (Phi) is 4.58. The molecule has 1 amide bonds. The number of hydrogen-bond acceptors (Lipinski definition) is 3. The second-order valence-corrected chi connectivity index (χ2v) is 5.92. The molecule has 2 N–H and O–H groups in total. The van der Waals surface area contributed by atoms with Gasteiger partial charge < -0.3 is 10.4 Å². The SMILES string of the molecule is CCc1ccsc1CNC(=O)[C@@H]1CCC[C@@H]1C(=O)O. The van der Waals surface area contributed by atoms with E-state index in [0.717, 1.165) is 12.8 Å². The minimum Gasteiger partial charge on any atom is -0.481 e. The topological polar surface area (TPSA) is 66.4 Å². The van der Waals surface area contributed by atoms with Crippen molar-refractivity contribution in [1.29, 1.82) is 0 Å². The van der Waals surface area contributed by atoms with Gasteiger partial charge in [-0.1, -0.05) is 13.3 Å². The second-order valence-electron chi connectivity index (χ2n) is 4.92. The highest BCUT2D eigenvalue weighted by atomic mass is 32.1. The molecule has 1 heterocycles. The van der Waals surface area contributed by atoms with Gasteiger partial charge in [-0.25, -0.2) is 0 Å². The third-order valence-electron chi connectivity index (χ3n) is 3.81. The van der Waals surface area contributed by atoms with Crippen LogP contribution >= 0.6 is 11.3 Å². The molecule has 1 saturated carbocycles. The van der Waals surface area contributed by atoms with Gasteiger partial charge in [0.25, 0.3) is 0 Å². The third kappa shape index (κ3) is 3.15. The fourth-order valence-electron chi connectivity index (χ4n) is 2.71. The van der Waals surface area contributed by atoms with Gasteiger partial charge >= 0.3 is 5.97 Å². The molecule has 0 aliphatic heterocycles. The molecule has 0 spiro atoms. The summed E-state index contributed by atoms with van der Waals surface area (Å²) in [5, 5.41) is 14.0. The van der Waals surface area contributed by atoms with Gasteiger partial charge in [-0.3, -0.25) is 9.59 Å². The molecule has 104 valence electrons. The zero-order valence-corrected chi connectivity index (χ0v) is 11.8. The first kappa shape index (κ1) is 14.1. The van der Waals surface area contributed by atoms with Gasteiger partial charge in [-0.2, -0.15) is 0 Å². The average Bonchev–Trinajstić information content (AvgIpc) is 3.04. The van der Waals surface area contributed by atoms with E-state index in [1.807, 2.05) is 5.38 Å². The Balaban J connectivity index is 1.92. The van der Waals surface area contributed by atoms with Crippen molar-refractivity contribution in [2.45, 2.75) is 39.2 Å². The molecule has 0 unspecified atom stereocenters. The lowest BCUT2D eigenvalue weighted by molar-refractivity contribution is -0.146. The van der Waals surface area contributed by atoms with Crippen molar-refractivity contribution >= 4 is 23.2 Å². The highest BCUT2D eigenvalue weighted by molar-refractivity contribution is 7.10. The molecular formula is C14H19NO3S. The van der Waals surface area contributed by atoms with Crippen molar-refractivity contribution in [1.82, 2.24) is 5.32 Å². The van der Waals surface area contributed by atoms with Crippen molar-refractivity contribution in [2.24, 2.45) is 11.8 Å². The predicted molar refractivity (Wildman–Crippen MR) is 74.0 cm³/mol. The maximum Gasteiger partial charge on any atom is 0.307 e. The molecule has 2 rings (SSSR count). The van der Waals surface area contributed by atoms with Gasteiger partial charge in [0.2, 0.25) is 5.91 Å². The van der Waals surface area contributed by atoms with E-state index in [-0.39, 0.29) is 11.8 Å². The highest BCUT2D eigenvalue weighted by Crippen LogP contribution is 2.32. The number of amides is 1. The molecule has 1 aromatic rings. The van der Waals surface area contributed by atoms with Gasteiger partial charge in [0.1, 0.15) is 0 Å². The zero-order valence-electron chi connectivity index (χ0n) is 11.0. The summed E-state index contributed by atoms with van der Waals surface area (Å²) in [6.07, 6.45) is 3.09. The molecule has 4 nitrogen and oxygen atoms in total. The number of carbonyl (C=O) groups is 2. The van der Waals surface area contributed by atoms with Crippen LogP contribution in [0.3, 0.4) is 0 Å². The van der Waals surface area contributed by atoms with Crippen molar-refractivity contribution in [3.8, 4) is 0 Å². The van der Waals surface area contributed by atoms with Crippen LogP contribution in [-0.2, 0) is 22.6 Å². The summed E-state index contributed by atoms with van der Waals surface area (Å²) in [6.45, 7) is 2.60. The van der Waals surface area contributed by atoms with E-state index in [1.54, 1.807) is 11.3 Å². The van der Waals surface area contributed by atoms with Crippen molar-refractivity contribution in [3.05, 3.63) is 21.9 Å². The van der Waals surface area contributed by atoms with Crippen LogP contribution in [0.1, 0.15) is 36.6 Å². The summed E-state index contributed by atoms with van der Waals surface area (Å²) < 4.78 is 0. The minimum atomic E-state index is -0.844. The second kappa shape index (κ2) is 6.19. The first-order chi connectivity index (χ1) is 9.13. The average molecular weight is 281 g/mol. The van der Waals surface area contributed by atoms with Crippen LogP contribution in [0.15, 0.2) is 11.4 Å². The number of nitrogens with one attached hydrogen (secondary N) is 1. The predicted octanol–water partition coefficient (Wildman–Crippen LogP) is 2.43. The molecule has 1 aliphatic carbocycles. The molecule has 5 heteroatoms. The molecular weight excluding hydrogens is 262 g/mol. The molecule has 1 fully saturated rings. The minimum absolute atomic E-state index is 0.111. The largest absolute Gasteiger partial charge is 0.481 e. The fraction of sp³-hybridized carbons (Fsp3) is 0.571. The van der Waals surface area contributed by atoms with Gasteiger partial charge in [0, 0.05) is 4.88 Å². The molecule has 0 radical (unpaired) electrons. The lowest BCUT2D eigenvalue weighted by Crippen LogP contribution is -2.34. The monoisotopic (exact) mass is 281 g/mol. The van der Waals surface area contributed by atoms with E-state index in [4.69, 9.17) is 5.11 Å². The first-order valence-electron chi connectivity index (χ1n) is 6.69. The van der Waals surface area contributed by atoms with E-state index in [9.17, 15) is 9.59 Å². The van der Waals surface area contributed by atoms with E-state index in [0.29, 0.717) is 19.4 Å². The number of rotatable bonds is 5. The van der Waals surface area contributed by atoms with Crippen LogP contribution in [0.5, 0.6) is 0 Å². The van der Waals surface area contributed by atoms with Gasteiger partial charge in [-0.05, 0) is 36.3 Å². The summed E-state index contributed by atoms with van der Waals surface area (Å²) in [5.74, 6) is -1.82. The van der Waals surface area contributed by atoms with Crippen LogP contribution in [0.4, 0.5) is 0 Å². The molecule has 1 aromatic heterocycles. The number of hydrogen-bond donors (Lipinski definition) is 2. The van der Waals surface area contributed by atoms with Crippen molar-refractivity contribution in [3.63, 3.8) is 0 Å². The fourth-order valence-corrected chi connectivity index (χ4v) is 3.62. The number of aryl methyl sites for hydroxylation is 1. The number of carbonyl (C=O) groups excluding carboxylic acids is 1. The lowest BCUT2D eigenvalue weighted by Gasteiger charge is -2.15. The van der Waals surface area contributed by atoms with E-state index < -0.39 is 11.9 Å². The molecule has 0 saturated heterocycles. The van der Waals surface area contributed by atoms with Crippen LogP contribution in [0.25, 0.3) is 0 Å². The van der Waals surface area contributed by atoms with Gasteiger partial charge in [0.15, 0.2) is 0 Å². The number of thiophene rings is 1. The van der Waals surface area contributed by atoms with Gasteiger partial charge in [0.05, 0.1) is 18.4 Å². The molecule has 19 heavy (non-hydrogen) atoms. The molecule has 1 aliphatic rings. The number of aliphatic carboxylic acids is 1. The standard InChI is InChI=1S/C14H19NO3S/c1-2-9-6-7-19-12(9)8-15-13(16)10-4-3-5-11(10)14(17)18/h6-7,10-11H,2-5,8H2,1H3,(H,15,16)(H,17,18)/t10-,11+/m1/s1. The normalized spacial score (nSPS) is 22.4. The van der Waals surface area contributed by atoms with Crippen LogP contribution in [-0.4, -0.2) is 17.0 Å². The summed E-state index contributed by atoms with van der Waals surface area (Å²) in [7, 11) is 0. The summed E-state index contributed by atoms with van der Waals surface area (Å²) in [6, 6.07) is 2.07. The third-order valence-corrected chi connectivity index (χ3v) is 4.77. The Labute approximate surface area is 116 Å². The molecule has 0 bridgehead atoms. The van der Waals surface area contributed by atoms with Crippen LogP contribution in [0.2, 0.25) is 0 Å². The van der Waals surface area contributed by atoms with E-state index >= 15 is 0 Å².